The number of nitrogens with one attached hydrogen (secondary N) is 1. The third-order valence-corrected chi connectivity index (χ3v) is 1.39. The van der Waals surface area contributed by atoms with Gasteiger partial charge in [-0.15, -0.1) is 0 Å². The van der Waals surface area contributed by atoms with Crippen LogP contribution in [0, 0.1) is 10.1 Å². The molecule has 7 nitrogen and oxygen atoms in total. The molecule has 0 amide bonds. The number of hydrogen-bond acceptors (Lipinski definition) is 5. The zero-order valence-corrected chi connectivity index (χ0v) is 5.80. The molecule has 0 saturated carbocycles. The fourth-order valence-electron chi connectivity index (χ4n) is 0.893. The molecule has 2 heterocycles. The van der Waals surface area contributed by atoms with Gasteiger partial charge in [0.05, 0.1) is 0 Å². The van der Waals surface area contributed by atoms with Crippen LogP contribution in [-0.4, -0.2) is 14.7 Å². The molecule has 1 N–H and O–H groups in total. The molecule has 0 bridgehead atoms. The van der Waals surface area contributed by atoms with Gasteiger partial charge >= 0.3 is 0 Å². The average Bonchev–Trinajstić information content (AvgIpc) is 2.47. The van der Waals surface area contributed by atoms with Gasteiger partial charge in [0.2, 0.25) is 0 Å². The Kier molecular flexibility index (Phi) is 1.23. The lowest BCUT2D eigenvalue weighted by molar-refractivity contribution is -0.542. The third-order valence-electron chi connectivity index (χ3n) is 1.39. The first-order valence-corrected chi connectivity index (χ1v) is 3.10. The second-order valence-corrected chi connectivity index (χ2v) is 2.07. The van der Waals surface area contributed by atoms with Gasteiger partial charge in [0.15, 0.2) is 17.1 Å². The van der Waals surface area contributed by atoms with Gasteiger partial charge in [-0.25, -0.2) is 15.6 Å². The van der Waals surface area contributed by atoms with Gasteiger partial charge in [-0.3, -0.25) is 0 Å². The average molecular weight is 168 g/mol. The Morgan fingerprint density at radius 1 is 1.75 bits per heavy atom. The lowest BCUT2D eigenvalue weighted by Crippen LogP contribution is -2.17. The van der Waals surface area contributed by atoms with Crippen molar-refractivity contribution in [2.24, 2.45) is 0 Å². The minimum absolute atomic E-state index is 0.203. The van der Waals surface area contributed by atoms with Crippen LogP contribution in [0.5, 0.6) is 5.88 Å². The molecule has 0 spiro atoms. The molecule has 1 aliphatic heterocycles. The SMILES string of the molecule is O=[N+]([O-])n1cnc2c1C=CNO2. The van der Waals surface area contributed by atoms with Gasteiger partial charge in [0, 0.05) is 6.20 Å². The molecule has 0 aromatic carbocycles. The molecule has 1 aromatic rings. The summed E-state index contributed by atoms with van der Waals surface area (Å²) < 4.78 is 0.784. The molecule has 0 unspecified atom stereocenters. The number of imidazole rings is 1. The molecule has 2 rings (SSSR count). The highest BCUT2D eigenvalue weighted by atomic mass is 16.7. The first-order valence-electron chi connectivity index (χ1n) is 3.10. The summed E-state index contributed by atoms with van der Waals surface area (Å²) in [5, 5.41) is 9.77. The van der Waals surface area contributed by atoms with Crippen LogP contribution in [0.2, 0.25) is 0 Å². The molecular formula is C5H4N4O3. The van der Waals surface area contributed by atoms with Crippen molar-refractivity contribution < 1.29 is 9.87 Å². The predicted molar refractivity (Wildman–Crippen MR) is 37.4 cm³/mol. The largest absolute Gasteiger partial charge is 0.360 e. The molecular weight excluding hydrogens is 164 g/mol. The fraction of sp³-hybridized carbons (Fsp3) is 0. The van der Waals surface area contributed by atoms with Gasteiger partial charge in [0.25, 0.3) is 5.88 Å². The van der Waals surface area contributed by atoms with Gasteiger partial charge < -0.3 is 4.84 Å². The normalized spacial score (nSPS) is 13.0. The molecule has 7 heteroatoms. The van der Waals surface area contributed by atoms with E-state index in [0.29, 0.717) is 5.69 Å². The zero-order chi connectivity index (χ0) is 8.55. The summed E-state index contributed by atoms with van der Waals surface area (Å²) in [6, 6.07) is 0. The maximum atomic E-state index is 10.4. The van der Waals surface area contributed by atoms with Crippen LogP contribution in [0.4, 0.5) is 0 Å². The lowest BCUT2D eigenvalue weighted by atomic mass is 10.4. The van der Waals surface area contributed by atoms with Crippen molar-refractivity contribution in [1.82, 2.24) is 15.1 Å². The van der Waals surface area contributed by atoms with Crippen LogP contribution in [0.15, 0.2) is 12.5 Å². The Morgan fingerprint density at radius 2 is 2.58 bits per heavy atom. The number of aromatic nitrogens is 2. The highest BCUT2D eigenvalue weighted by Gasteiger charge is 2.18. The topological polar surface area (TPSA) is 82.2 Å². The van der Waals surface area contributed by atoms with Crippen LogP contribution in [0.25, 0.3) is 6.08 Å². The molecule has 0 saturated heterocycles. The van der Waals surface area contributed by atoms with E-state index in [9.17, 15) is 10.1 Å². The Hall–Kier alpha value is -2.05. The van der Waals surface area contributed by atoms with E-state index in [0.717, 1.165) is 11.0 Å². The predicted octanol–water partition coefficient (Wildman–Crippen LogP) is -0.209. The summed E-state index contributed by atoms with van der Waals surface area (Å²) in [4.78, 5) is 18.8. The number of rotatable bonds is 1. The molecule has 0 atom stereocenters. The van der Waals surface area contributed by atoms with Crippen molar-refractivity contribution >= 4 is 6.08 Å². The summed E-state index contributed by atoms with van der Waals surface area (Å²) >= 11 is 0. The molecule has 62 valence electrons. The van der Waals surface area contributed by atoms with E-state index in [-0.39, 0.29) is 5.88 Å². The van der Waals surface area contributed by atoms with Crippen LogP contribution in [-0.2, 0) is 0 Å². The Morgan fingerprint density at radius 3 is 3.33 bits per heavy atom. The monoisotopic (exact) mass is 168 g/mol. The molecule has 0 fully saturated rings. The van der Waals surface area contributed by atoms with Crippen molar-refractivity contribution in [2.75, 3.05) is 0 Å². The highest BCUT2D eigenvalue weighted by Crippen LogP contribution is 2.18. The number of hydrogen-bond donors (Lipinski definition) is 1. The molecule has 1 aliphatic rings. The fourth-order valence-corrected chi connectivity index (χ4v) is 0.893. The van der Waals surface area contributed by atoms with Crippen molar-refractivity contribution in [3.05, 3.63) is 28.3 Å². The summed E-state index contributed by atoms with van der Waals surface area (Å²) in [7, 11) is 0. The molecule has 0 aliphatic carbocycles. The quantitative estimate of drug-likeness (QED) is 0.463. The van der Waals surface area contributed by atoms with E-state index >= 15 is 0 Å². The third kappa shape index (κ3) is 0.797. The smallest absolute Gasteiger partial charge is 0.277 e. The number of fused-ring (bicyclic) bond motifs is 1. The Labute approximate surface area is 66.3 Å². The minimum Gasteiger partial charge on any atom is -0.360 e. The van der Waals surface area contributed by atoms with Gasteiger partial charge in [-0.2, -0.15) is 4.98 Å². The van der Waals surface area contributed by atoms with E-state index in [2.05, 4.69) is 10.5 Å². The minimum atomic E-state index is -0.579. The highest BCUT2D eigenvalue weighted by molar-refractivity contribution is 5.51. The second-order valence-electron chi connectivity index (χ2n) is 2.07. The van der Waals surface area contributed by atoms with Gasteiger partial charge in [-0.05, 0) is 10.8 Å². The molecule has 0 radical (unpaired) electrons. The summed E-state index contributed by atoms with van der Waals surface area (Å²) in [5.74, 6) is 0.203. The summed E-state index contributed by atoms with van der Waals surface area (Å²) in [6.07, 6.45) is 4.04. The van der Waals surface area contributed by atoms with Gasteiger partial charge in [0.1, 0.15) is 0 Å². The van der Waals surface area contributed by atoms with E-state index in [1.165, 1.54) is 12.3 Å². The first-order chi connectivity index (χ1) is 5.79. The van der Waals surface area contributed by atoms with Crippen LogP contribution in [0.3, 0.4) is 0 Å². The number of hydroxylamine groups is 1. The maximum Gasteiger partial charge on any atom is 0.277 e. The maximum absolute atomic E-state index is 10.4. The summed E-state index contributed by atoms with van der Waals surface area (Å²) in [5.41, 5.74) is 2.73. The van der Waals surface area contributed by atoms with Crippen LogP contribution < -0.4 is 10.3 Å². The standard InChI is InChI=1S/C5H4N4O3/c10-9(11)8-3-6-5-4(8)1-2-7-12-5/h1-3,7H. The van der Waals surface area contributed by atoms with Crippen LogP contribution in [0.1, 0.15) is 5.69 Å². The molecule has 12 heavy (non-hydrogen) atoms. The summed E-state index contributed by atoms with van der Waals surface area (Å²) in [6.45, 7) is 0. The zero-order valence-electron chi connectivity index (χ0n) is 5.80. The first kappa shape index (κ1) is 6.65. The van der Waals surface area contributed by atoms with E-state index in [4.69, 9.17) is 4.84 Å². The number of nitro groups is 1. The van der Waals surface area contributed by atoms with Gasteiger partial charge in [-0.1, -0.05) is 0 Å². The van der Waals surface area contributed by atoms with Crippen molar-refractivity contribution in [2.45, 2.75) is 0 Å². The van der Waals surface area contributed by atoms with Crippen LogP contribution >= 0.6 is 0 Å². The van der Waals surface area contributed by atoms with Crippen molar-refractivity contribution in [3.8, 4) is 5.88 Å². The Balaban J connectivity index is 2.54. The second kappa shape index (κ2) is 2.22. The van der Waals surface area contributed by atoms with Crippen molar-refractivity contribution in [1.29, 1.82) is 0 Å². The van der Waals surface area contributed by atoms with E-state index in [1.807, 2.05) is 0 Å². The number of nitrogens with zero attached hydrogens (tertiary/aromatic N) is 3. The Bertz CT molecular complexity index is 356. The van der Waals surface area contributed by atoms with Crippen molar-refractivity contribution in [3.63, 3.8) is 0 Å². The lowest BCUT2D eigenvalue weighted by Gasteiger charge is -2.05. The van der Waals surface area contributed by atoms with E-state index in [1.54, 1.807) is 0 Å². The van der Waals surface area contributed by atoms with E-state index < -0.39 is 5.03 Å². The molecule has 1 aromatic heterocycles.